The van der Waals surface area contributed by atoms with Gasteiger partial charge in [-0.3, -0.25) is 0 Å². The number of H-pyrrole nitrogens is 2. The van der Waals surface area contributed by atoms with Crippen molar-refractivity contribution in [3.63, 3.8) is 0 Å². The molecular weight excluding hydrogens is 588 g/mol. The maximum Gasteiger partial charge on any atom is 0.408 e. The van der Waals surface area contributed by atoms with Crippen LogP contribution in [0.3, 0.4) is 0 Å². The molecule has 2 aromatic carbocycles. The largest absolute Gasteiger partial charge is 0.444 e. The SMILES string of the molecule is CC(C)(C)OC(=O)NC1CCCc2cc(-c3ncnc4[nH]ccc34)ccc21.NC1CCCc2cc(-c3ncnc4[nH]ccc34)ccc21. The Bertz CT molecular complexity index is 2060. The molecule has 0 bridgehead atoms. The Morgan fingerprint density at radius 1 is 0.787 bits per heavy atom. The highest BCUT2D eigenvalue weighted by Gasteiger charge is 2.25. The van der Waals surface area contributed by atoms with Crippen LogP contribution in [0.5, 0.6) is 0 Å². The van der Waals surface area contributed by atoms with Crippen LogP contribution in [0.1, 0.15) is 80.8 Å². The first-order valence-corrected chi connectivity index (χ1v) is 16.3. The van der Waals surface area contributed by atoms with Gasteiger partial charge < -0.3 is 25.8 Å². The van der Waals surface area contributed by atoms with Gasteiger partial charge in [-0.2, -0.15) is 0 Å². The lowest BCUT2D eigenvalue weighted by atomic mass is 9.86. The molecular formula is C37H40N8O2. The van der Waals surface area contributed by atoms with Gasteiger partial charge in [0.2, 0.25) is 0 Å². The summed E-state index contributed by atoms with van der Waals surface area (Å²) < 4.78 is 5.42. The number of carbonyl (C=O) groups excluding carboxylic acids is 1. The van der Waals surface area contributed by atoms with Gasteiger partial charge in [0.15, 0.2) is 0 Å². The van der Waals surface area contributed by atoms with E-state index >= 15 is 0 Å². The number of aromatic amines is 2. The number of fused-ring (bicyclic) bond motifs is 4. The molecule has 4 heterocycles. The Hall–Kier alpha value is -5.09. The molecule has 0 radical (unpaired) electrons. The minimum atomic E-state index is -0.500. The van der Waals surface area contributed by atoms with Gasteiger partial charge in [0.25, 0.3) is 0 Å². The zero-order valence-electron chi connectivity index (χ0n) is 27.0. The lowest BCUT2D eigenvalue weighted by Crippen LogP contribution is -2.36. The monoisotopic (exact) mass is 628 g/mol. The van der Waals surface area contributed by atoms with Gasteiger partial charge in [-0.25, -0.2) is 24.7 Å². The number of nitrogens with one attached hydrogen (secondary N) is 3. The highest BCUT2D eigenvalue weighted by Crippen LogP contribution is 2.35. The van der Waals surface area contributed by atoms with Crippen molar-refractivity contribution < 1.29 is 9.53 Å². The molecule has 47 heavy (non-hydrogen) atoms. The first kappa shape index (κ1) is 30.6. The second kappa shape index (κ2) is 12.6. The van der Waals surface area contributed by atoms with Gasteiger partial charge in [-0.05, 0) is 106 Å². The van der Waals surface area contributed by atoms with E-state index in [-0.39, 0.29) is 18.2 Å². The van der Waals surface area contributed by atoms with E-state index in [0.29, 0.717) is 0 Å². The fourth-order valence-electron chi connectivity index (χ4n) is 6.77. The van der Waals surface area contributed by atoms with Gasteiger partial charge in [0.1, 0.15) is 29.6 Å². The van der Waals surface area contributed by atoms with Crippen molar-refractivity contribution >= 4 is 28.2 Å². The number of carbonyl (C=O) groups is 1. The van der Waals surface area contributed by atoms with Gasteiger partial charge in [-0.1, -0.05) is 24.3 Å². The smallest absolute Gasteiger partial charge is 0.408 e. The molecule has 0 fully saturated rings. The summed E-state index contributed by atoms with van der Waals surface area (Å²) in [5, 5.41) is 5.10. The average Bonchev–Trinajstić information content (AvgIpc) is 3.74. The Balaban J connectivity index is 0.000000156. The number of ether oxygens (including phenoxy) is 1. The number of aryl methyl sites for hydroxylation is 2. The summed E-state index contributed by atoms with van der Waals surface area (Å²) in [7, 11) is 0. The average molecular weight is 629 g/mol. The molecule has 2 atom stereocenters. The molecule has 0 saturated carbocycles. The standard InChI is InChI=1S/C21H24N4O2.C16H16N4/c1-21(2,3)27-20(26)25-17-6-4-5-13-11-14(7-8-15(13)17)18-16-9-10-22-19(16)24-12-23-18;17-14-3-1-2-10-8-11(4-5-12(10)14)15-13-6-7-18-16(13)20-9-19-15/h7-12,17H,4-6H2,1-3H3,(H,25,26)(H,22,23,24);4-9,14H,1-3,17H2,(H,18,19,20). The zero-order chi connectivity index (χ0) is 32.5. The number of rotatable bonds is 3. The molecule has 2 unspecified atom stereocenters. The van der Waals surface area contributed by atoms with E-state index in [1.165, 1.54) is 23.1 Å². The number of amides is 1. The predicted molar refractivity (Wildman–Crippen MR) is 184 cm³/mol. The third kappa shape index (κ3) is 6.46. The van der Waals surface area contributed by atoms with E-state index in [0.717, 1.165) is 82.2 Å². The van der Waals surface area contributed by atoms with Crippen LogP contribution in [0.2, 0.25) is 0 Å². The molecule has 10 nitrogen and oxygen atoms in total. The Labute approximate surface area is 273 Å². The second-order valence-corrected chi connectivity index (χ2v) is 13.3. The van der Waals surface area contributed by atoms with Crippen LogP contribution >= 0.6 is 0 Å². The Kier molecular flexibility index (Phi) is 8.19. The summed E-state index contributed by atoms with van der Waals surface area (Å²) in [6, 6.07) is 17.1. The Morgan fingerprint density at radius 3 is 1.94 bits per heavy atom. The van der Waals surface area contributed by atoms with E-state index in [4.69, 9.17) is 10.5 Å². The van der Waals surface area contributed by atoms with Crippen LogP contribution in [0, 0.1) is 0 Å². The quantitative estimate of drug-likeness (QED) is 0.159. The molecule has 10 heteroatoms. The molecule has 0 spiro atoms. The fraction of sp³-hybridized carbons (Fsp3) is 0.324. The number of aromatic nitrogens is 6. The number of hydrogen-bond donors (Lipinski definition) is 4. The summed E-state index contributed by atoms with van der Waals surface area (Å²) in [6.45, 7) is 5.62. The zero-order valence-corrected chi connectivity index (χ0v) is 27.0. The van der Waals surface area contributed by atoms with Crippen molar-refractivity contribution in [1.82, 2.24) is 35.2 Å². The van der Waals surface area contributed by atoms with Crippen LogP contribution in [-0.4, -0.2) is 41.6 Å². The maximum absolute atomic E-state index is 12.2. The topological polar surface area (TPSA) is 147 Å². The van der Waals surface area contributed by atoms with Crippen LogP contribution in [-0.2, 0) is 17.6 Å². The molecule has 8 rings (SSSR count). The van der Waals surface area contributed by atoms with Crippen LogP contribution < -0.4 is 11.1 Å². The van der Waals surface area contributed by atoms with E-state index < -0.39 is 5.60 Å². The normalized spacial score (nSPS) is 17.4. The molecule has 240 valence electrons. The summed E-state index contributed by atoms with van der Waals surface area (Å²) >= 11 is 0. The first-order valence-electron chi connectivity index (χ1n) is 16.3. The van der Waals surface area contributed by atoms with Crippen molar-refractivity contribution in [3.05, 3.63) is 95.8 Å². The Morgan fingerprint density at radius 2 is 1.34 bits per heavy atom. The fourth-order valence-corrected chi connectivity index (χ4v) is 6.77. The van der Waals surface area contributed by atoms with Crippen molar-refractivity contribution in [2.75, 3.05) is 0 Å². The van der Waals surface area contributed by atoms with Gasteiger partial charge in [0, 0.05) is 40.3 Å². The predicted octanol–water partition coefficient (Wildman–Crippen LogP) is 7.49. The third-order valence-electron chi connectivity index (χ3n) is 8.91. The molecule has 2 aliphatic rings. The molecule has 1 amide bonds. The van der Waals surface area contributed by atoms with Crippen LogP contribution in [0.15, 0.2) is 73.6 Å². The summed E-state index contributed by atoms with van der Waals surface area (Å²) in [6.07, 6.45) is 12.9. The molecule has 4 aromatic heterocycles. The summed E-state index contributed by atoms with van der Waals surface area (Å²) in [4.78, 5) is 35.9. The third-order valence-corrected chi connectivity index (χ3v) is 8.91. The minimum absolute atomic E-state index is 0.0182. The van der Waals surface area contributed by atoms with Crippen molar-refractivity contribution in [3.8, 4) is 22.5 Å². The van der Waals surface area contributed by atoms with Crippen molar-refractivity contribution in [1.29, 1.82) is 0 Å². The van der Waals surface area contributed by atoms with E-state index in [1.807, 2.05) is 45.3 Å². The first-order chi connectivity index (χ1) is 22.7. The highest BCUT2D eigenvalue weighted by atomic mass is 16.6. The van der Waals surface area contributed by atoms with Gasteiger partial charge >= 0.3 is 6.09 Å². The highest BCUT2D eigenvalue weighted by molar-refractivity contribution is 5.91. The van der Waals surface area contributed by atoms with Crippen LogP contribution in [0.4, 0.5) is 4.79 Å². The second-order valence-electron chi connectivity index (χ2n) is 13.3. The van der Waals surface area contributed by atoms with Crippen molar-refractivity contribution in [2.24, 2.45) is 5.73 Å². The molecule has 0 saturated heterocycles. The lowest BCUT2D eigenvalue weighted by Gasteiger charge is -2.28. The molecule has 2 aliphatic carbocycles. The minimum Gasteiger partial charge on any atom is -0.444 e. The molecule has 6 aromatic rings. The maximum atomic E-state index is 12.2. The van der Waals surface area contributed by atoms with E-state index in [1.54, 1.807) is 12.7 Å². The number of hydrogen-bond acceptors (Lipinski definition) is 7. The molecule has 5 N–H and O–H groups in total. The van der Waals surface area contributed by atoms with Gasteiger partial charge in [-0.15, -0.1) is 0 Å². The number of nitrogens with zero attached hydrogens (tertiary/aromatic N) is 4. The summed E-state index contributed by atoms with van der Waals surface area (Å²) in [5.74, 6) is 0. The van der Waals surface area contributed by atoms with E-state index in [9.17, 15) is 4.79 Å². The van der Waals surface area contributed by atoms with Gasteiger partial charge in [0.05, 0.1) is 17.4 Å². The van der Waals surface area contributed by atoms with Crippen LogP contribution in [0.25, 0.3) is 44.6 Å². The number of nitrogens with two attached hydrogens (primary N) is 1. The van der Waals surface area contributed by atoms with Crippen molar-refractivity contribution in [2.45, 2.75) is 77.0 Å². The summed E-state index contributed by atoms with van der Waals surface area (Å²) in [5.41, 5.74) is 16.6. The number of alkyl carbamates (subject to hydrolysis) is 1. The molecule has 0 aliphatic heterocycles. The van der Waals surface area contributed by atoms with E-state index in [2.05, 4.69) is 71.6 Å². The number of benzene rings is 2. The lowest BCUT2D eigenvalue weighted by molar-refractivity contribution is 0.0498.